The predicted octanol–water partition coefficient (Wildman–Crippen LogP) is 1.32. The van der Waals surface area contributed by atoms with Crippen molar-refractivity contribution in [2.75, 3.05) is 18.8 Å². The summed E-state index contributed by atoms with van der Waals surface area (Å²) in [5, 5.41) is 3.03. The van der Waals surface area contributed by atoms with Crippen molar-refractivity contribution in [3.05, 3.63) is 29.3 Å². The molecule has 3 N–H and O–H groups in total. The van der Waals surface area contributed by atoms with Gasteiger partial charge in [0.25, 0.3) is 5.91 Å². The summed E-state index contributed by atoms with van der Waals surface area (Å²) in [6, 6.07) is 5.48. The molecule has 5 heteroatoms. The van der Waals surface area contributed by atoms with Gasteiger partial charge in [-0.3, -0.25) is 9.59 Å². The average Bonchev–Trinajstić information content (AvgIpc) is 2.42. The lowest BCUT2D eigenvalue weighted by Gasteiger charge is -2.31. The highest BCUT2D eigenvalue weighted by atomic mass is 16.2. The highest BCUT2D eigenvalue weighted by Gasteiger charge is 2.22. The van der Waals surface area contributed by atoms with Gasteiger partial charge in [0.2, 0.25) is 5.91 Å². The Morgan fingerprint density at radius 3 is 2.55 bits per heavy atom. The maximum absolute atomic E-state index is 12.3. The fourth-order valence-corrected chi connectivity index (χ4v) is 2.50. The monoisotopic (exact) mass is 275 g/mol. The first-order valence-electron chi connectivity index (χ1n) is 6.90. The molecule has 0 aliphatic carbocycles. The number of likely N-dealkylation sites (tertiary alicyclic amines) is 1. The van der Waals surface area contributed by atoms with Crippen molar-refractivity contribution >= 4 is 17.5 Å². The molecule has 1 saturated heterocycles. The van der Waals surface area contributed by atoms with Crippen LogP contribution in [0.4, 0.5) is 5.69 Å². The van der Waals surface area contributed by atoms with E-state index in [4.69, 9.17) is 5.73 Å². The molecule has 0 spiro atoms. The average molecular weight is 275 g/mol. The van der Waals surface area contributed by atoms with E-state index < -0.39 is 0 Å². The van der Waals surface area contributed by atoms with Crippen LogP contribution >= 0.6 is 0 Å². The zero-order valence-electron chi connectivity index (χ0n) is 12.0. The molecule has 0 unspecified atom stereocenters. The van der Waals surface area contributed by atoms with E-state index in [-0.39, 0.29) is 17.9 Å². The Bertz CT molecular complexity index is 520. The molecule has 1 aromatic rings. The van der Waals surface area contributed by atoms with Gasteiger partial charge >= 0.3 is 0 Å². The molecule has 5 nitrogen and oxygen atoms in total. The summed E-state index contributed by atoms with van der Waals surface area (Å²) < 4.78 is 0. The molecule has 1 fully saturated rings. The minimum Gasteiger partial charge on any atom is -0.398 e. The molecule has 2 amide bonds. The van der Waals surface area contributed by atoms with E-state index in [1.165, 1.54) is 0 Å². The molecule has 0 saturated carbocycles. The molecular formula is C15H21N3O2. The zero-order valence-corrected chi connectivity index (χ0v) is 12.0. The van der Waals surface area contributed by atoms with Crippen molar-refractivity contribution in [1.29, 1.82) is 0 Å². The van der Waals surface area contributed by atoms with E-state index in [1.807, 2.05) is 11.8 Å². The third-order valence-corrected chi connectivity index (χ3v) is 3.90. The number of nitrogens with zero attached hydrogens (tertiary/aromatic N) is 1. The van der Waals surface area contributed by atoms with Crippen molar-refractivity contribution < 1.29 is 9.59 Å². The SMILES string of the molecule is CC(=O)N1CCC(NC(=O)c2cccc(N)c2C)CC1. The van der Waals surface area contributed by atoms with Crippen LogP contribution in [0.15, 0.2) is 18.2 Å². The van der Waals surface area contributed by atoms with Gasteiger partial charge in [0.05, 0.1) is 0 Å². The first kappa shape index (κ1) is 14.4. The molecule has 1 aromatic carbocycles. The van der Waals surface area contributed by atoms with Gasteiger partial charge in [0, 0.05) is 37.3 Å². The van der Waals surface area contributed by atoms with Gasteiger partial charge < -0.3 is 16.0 Å². The standard InChI is InChI=1S/C15H21N3O2/c1-10-13(4-3-5-14(10)16)15(20)17-12-6-8-18(9-7-12)11(2)19/h3-5,12H,6-9,16H2,1-2H3,(H,17,20). The van der Waals surface area contributed by atoms with E-state index in [0.717, 1.165) is 18.4 Å². The lowest BCUT2D eigenvalue weighted by molar-refractivity contribution is -0.129. The van der Waals surface area contributed by atoms with Gasteiger partial charge in [-0.1, -0.05) is 6.07 Å². The number of nitrogens with two attached hydrogens (primary N) is 1. The second kappa shape index (κ2) is 5.94. The summed E-state index contributed by atoms with van der Waals surface area (Å²) in [6.07, 6.45) is 1.60. The van der Waals surface area contributed by atoms with Crippen LogP contribution in [-0.4, -0.2) is 35.8 Å². The number of nitrogens with one attached hydrogen (secondary N) is 1. The fourth-order valence-electron chi connectivity index (χ4n) is 2.50. The molecule has 0 radical (unpaired) electrons. The number of amides is 2. The van der Waals surface area contributed by atoms with E-state index in [9.17, 15) is 9.59 Å². The first-order valence-corrected chi connectivity index (χ1v) is 6.90. The molecule has 108 valence electrons. The van der Waals surface area contributed by atoms with Crippen LogP contribution in [0.25, 0.3) is 0 Å². The number of anilines is 1. The summed E-state index contributed by atoms with van der Waals surface area (Å²) >= 11 is 0. The maximum Gasteiger partial charge on any atom is 0.251 e. The Labute approximate surface area is 119 Å². The van der Waals surface area contributed by atoms with Crippen LogP contribution in [0.5, 0.6) is 0 Å². The second-order valence-corrected chi connectivity index (χ2v) is 5.27. The normalized spacial score (nSPS) is 16.0. The van der Waals surface area contributed by atoms with E-state index >= 15 is 0 Å². The van der Waals surface area contributed by atoms with Crippen LogP contribution < -0.4 is 11.1 Å². The summed E-state index contributed by atoms with van der Waals surface area (Å²) in [4.78, 5) is 25.3. The molecule has 20 heavy (non-hydrogen) atoms. The molecular weight excluding hydrogens is 254 g/mol. The lowest BCUT2D eigenvalue weighted by atomic mass is 10.0. The molecule has 0 bridgehead atoms. The van der Waals surface area contributed by atoms with Gasteiger partial charge in [0.1, 0.15) is 0 Å². The maximum atomic E-state index is 12.3. The number of piperidine rings is 1. The highest BCUT2D eigenvalue weighted by Crippen LogP contribution is 2.17. The van der Waals surface area contributed by atoms with Crippen molar-refractivity contribution in [2.45, 2.75) is 32.7 Å². The minimum atomic E-state index is -0.0870. The Morgan fingerprint density at radius 1 is 1.30 bits per heavy atom. The number of hydrogen-bond acceptors (Lipinski definition) is 3. The Kier molecular flexibility index (Phi) is 4.27. The minimum absolute atomic E-state index is 0.0870. The second-order valence-electron chi connectivity index (χ2n) is 5.27. The van der Waals surface area contributed by atoms with Crippen molar-refractivity contribution in [3.8, 4) is 0 Å². The number of hydrogen-bond donors (Lipinski definition) is 2. The number of carbonyl (C=O) groups is 2. The van der Waals surface area contributed by atoms with Crippen molar-refractivity contribution in [2.24, 2.45) is 0 Å². The number of carbonyl (C=O) groups excluding carboxylic acids is 2. The summed E-state index contributed by atoms with van der Waals surface area (Å²) in [7, 11) is 0. The first-order chi connectivity index (χ1) is 9.49. The van der Waals surface area contributed by atoms with Crippen LogP contribution in [0.1, 0.15) is 35.7 Å². The number of benzene rings is 1. The summed E-state index contributed by atoms with van der Waals surface area (Å²) in [5.74, 6) is 0.0116. The number of rotatable bonds is 2. The van der Waals surface area contributed by atoms with Gasteiger partial charge in [-0.15, -0.1) is 0 Å². The Hall–Kier alpha value is -2.04. The topological polar surface area (TPSA) is 75.4 Å². The van der Waals surface area contributed by atoms with Crippen LogP contribution in [0.3, 0.4) is 0 Å². The van der Waals surface area contributed by atoms with Crippen molar-refractivity contribution in [1.82, 2.24) is 10.2 Å². The quantitative estimate of drug-likeness (QED) is 0.799. The van der Waals surface area contributed by atoms with E-state index in [1.54, 1.807) is 25.1 Å². The third-order valence-electron chi connectivity index (χ3n) is 3.90. The van der Waals surface area contributed by atoms with Crippen LogP contribution in [0, 0.1) is 6.92 Å². The van der Waals surface area contributed by atoms with E-state index in [0.29, 0.717) is 24.3 Å². The molecule has 1 aliphatic rings. The largest absolute Gasteiger partial charge is 0.398 e. The Balaban J connectivity index is 1.96. The number of nitrogen functional groups attached to an aromatic ring is 1. The lowest BCUT2D eigenvalue weighted by Crippen LogP contribution is -2.46. The molecule has 1 aliphatic heterocycles. The van der Waals surface area contributed by atoms with Gasteiger partial charge in [-0.25, -0.2) is 0 Å². The summed E-state index contributed by atoms with van der Waals surface area (Å²) in [5.41, 5.74) is 7.88. The smallest absolute Gasteiger partial charge is 0.251 e. The third kappa shape index (κ3) is 3.10. The Morgan fingerprint density at radius 2 is 1.95 bits per heavy atom. The molecule has 2 rings (SSSR count). The van der Waals surface area contributed by atoms with E-state index in [2.05, 4.69) is 5.32 Å². The highest BCUT2D eigenvalue weighted by molar-refractivity contribution is 5.97. The predicted molar refractivity (Wildman–Crippen MR) is 78.3 cm³/mol. The zero-order chi connectivity index (χ0) is 14.7. The molecule has 0 aromatic heterocycles. The van der Waals surface area contributed by atoms with Gasteiger partial charge in [0.15, 0.2) is 0 Å². The molecule has 1 heterocycles. The van der Waals surface area contributed by atoms with Gasteiger partial charge in [-0.2, -0.15) is 0 Å². The van der Waals surface area contributed by atoms with Crippen LogP contribution in [0.2, 0.25) is 0 Å². The van der Waals surface area contributed by atoms with Crippen molar-refractivity contribution in [3.63, 3.8) is 0 Å². The fraction of sp³-hybridized carbons (Fsp3) is 0.467. The van der Waals surface area contributed by atoms with Gasteiger partial charge in [-0.05, 0) is 37.5 Å². The van der Waals surface area contributed by atoms with Crippen LogP contribution in [-0.2, 0) is 4.79 Å². The summed E-state index contributed by atoms with van der Waals surface area (Å²) in [6.45, 7) is 4.84. The molecule has 0 atom stereocenters.